The molecular weight excluding hydrogens is 212 g/mol. The quantitative estimate of drug-likeness (QED) is 0.592. The second-order valence-electron chi connectivity index (χ2n) is 3.37. The lowest BCUT2D eigenvalue weighted by Gasteiger charge is -1.97. The molecule has 2 rings (SSSR count). The predicted molar refractivity (Wildman–Crippen MR) is 65.8 cm³/mol. The van der Waals surface area contributed by atoms with Crippen molar-refractivity contribution in [2.75, 3.05) is 0 Å². The molecule has 0 aliphatic carbocycles. The first kappa shape index (κ1) is 10.9. The van der Waals surface area contributed by atoms with Crippen molar-refractivity contribution in [2.45, 2.75) is 0 Å². The van der Waals surface area contributed by atoms with Gasteiger partial charge in [0.2, 0.25) is 0 Å². The summed E-state index contributed by atoms with van der Waals surface area (Å²) >= 11 is 0. The van der Waals surface area contributed by atoms with Crippen molar-refractivity contribution in [1.29, 1.82) is 5.26 Å². The van der Waals surface area contributed by atoms with Crippen molar-refractivity contribution in [2.24, 2.45) is 5.16 Å². The summed E-state index contributed by atoms with van der Waals surface area (Å²) < 4.78 is 0. The van der Waals surface area contributed by atoms with Crippen LogP contribution in [0.3, 0.4) is 0 Å². The minimum atomic E-state index is 0.601. The Morgan fingerprint density at radius 3 is 2.35 bits per heavy atom. The number of hydrogen-bond acceptors (Lipinski definition) is 3. The Labute approximate surface area is 99.6 Å². The summed E-state index contributed by atoms with van der Waals surface area (Å²) in [4.78, 5) is 5.17. The van der Waals surface area contributed by atoms with E-state index in [1.54, 1.807) is 30.5 Å². The molecule has 0 fully saturated rings. The fourth-order valence-corrected chi connectivity index (χ4v) is 1.28. The van der Waals surface area contributed by atoms with Crippen molar-refractivity contribution in [3.63, 3.8) is 0 Å². The number of nitriles is 1. The van der Waals surface area contributed by atoms with Crippen molar-refractivity contribution in [3.05, 3.63) is 65.7 Å². The van der Waals surface area contributed by atoms with Gasteiger partial charge in [0.05, 0.1) is 17.8 Å². The summed E-state index contributed by atoms with van der Waals surface area (Å²) in [6.07, 6.45) is 1.64. The van der Waals surface area contributed by atoms with Crippen LogP contribution < -0.4 is 4.84 Å². The zero-order valence-corrected chi connectivity index (χ0v) is 9.08. The summed E-state index contributed by atoms with van der Waals surface area (Å²) in [5, 5.41) is 12.5. The van der Waals surface area contributed by atoms with Crippen LogP contribution in [0.5, 0.6) is 5.75 Å². The van der Waals surface area contributed by atoms with Crippen LogP contribution in [0.15, 0.2) is 59.8 Å². The second kappa shape index (κ2) is 5.47. The Balaban J connectivity index is 1.98. The van der Waals surface area contributed by atoms with E-state index in [9.17, 15) is 0 Å². The molecule has 0 saturated carbocycles. The van der Waals surface area contributed by atoms with Crippen LogP contribution in [0.1, 0.15) is 11.1 Å². The smallest absolute Gasteiger partial charge is 0.158 e. The standard InChI is InChI=1S/C14H10N2O/c15-10-12-6-8-14(9-7-12)17-16-11-13-4-2-1-3-5-13/h1-9,11H/b16-11+. The molecule has 0 saturated heterocycles. The van der Waals surface area contributed by atoms with E-state index in [-0.39, 0.29) is 0 Å². The molecule has 0 spiro atoms. The van der Waals surface area contributed by atoms with E-state index in [4.69, 9.17) is 10.1 Å². The van der Waals surface area contributed by atoms with Gasteiger partial charge in [-0.05, 0) is 29.8 Å². The molecule has 0 aliphatic heterocycles. The predicted octanol–water partition coefficient (Wildman–Crippen LogP) is 2.97. The van der Waals surface area contributed by atoms with Crippen LogP contribution in [-0.4, -0.2) is 6.21 Å². The first-order valence-corrected chi connectivity index (χ1v) is 5.14. The highest BCUT2D eigenvalue weighted by atomic mass is 16.6. The zero-order valence-electron chi connectivity index (χ0n) is 9.08. The molecule has 0 N–H and O–H groups in total. The third-order valence-electron chi connectivity index (χ3n) is 2.14. The molecule has 0 heterocycles. The number of rotatable bonds is 3. The van der Waals surface area contributed by atoms with Gasteiger partial charge in [-0.1, -0.05) is 35.5 Å². The zero-order chi connectivity index (χ0) is 11.9. The molecule has 2 aromatic rings. The largest absolute Gasteiger partial charge is 0.357 e. The van der Waals surface area contributed by atoms with Crippen LogP contribution in [0, 0.1) is 11.3 Å². The van der Waals surface area contributed by atoms with Gasteiger partial charge in [0.15, 0.2) is 5.75 Å². The van der Waals surface area contributed by atoms with E-state index >= 15 is 0 Å². The highest BCUT2D eigenvalue weighted by molar-refractivity contribution is 5.78. The molecule has 82 valence electrons. The van der Waals surface area contributed by atoms with Gasteiger partial charge in [-0.2, -0.15) is 5.26 Å². The summed E-state index contributed by atoms with van der Waals surface area (Å²) in [5.74, 6) is 0.608. The highest BCUT2D eigenvalue weighted by Crippen LogP contribution is 2.11. The Morgan fingerprint density at radius 1 is 1.00 bits per heavy atom. The van der Waals surface area contributed by atoms with Crippen LogP contribution >= 0.6 is 0 Å². The van der Waals surface area contributed by atoms with E-state index in [2.05, 4.69) is 5.16 Å². The van der Waals surface area contributed by atoms with Crippen LogP contribution in [0.25, 0.3) is 0 Å². The topological polar surface area (TPSA) is 45.4 Å². The Bertz CT molecular complexity index is 539. The fourth-order valence-electron chi connectivity index (χ4n) is 1.28. The minimum absolute atomic E-state index is 0.601. The number of oxime groups is 1. The fraction of sp³-hybridized carbons (Fsp3) is 0. The minimum Gasteiger partial charge on any atom is -0.357 e. The van der Waals surface area contributed by atoms with E-state index in [1.807, 2.05) is 36.4 Å². The first-order valence-electron chi connectivity index (χ1n) is 5.14. The molecule has 3 heteroatoms. The second-order valence-corrected chi connectivity index (χ2v) is 3.37. The van der Waals surface area contributed by atoms with Crippen molar-refractivity contribution < 1.29 is 4.84 Å². The molecule has 0 unspecified atom stereocenters. The molecule has 0 bridgehead atoms. The van der Waals surface area contributed by atoms with Gasteiger partial charge < -0.3 is 4.84 Å². The highest BCUT2D eigenvalue weighted by Gasteiger charge is 1.93. The van der Waals surface area contributed by atoms with Crippen LogP contribution in [-0.2, 0) is 0 Å². The first-order chi connectivity index (χ1) is 8.38. The number of hydrogen-bond donors (Lipinski definition) is 0. The van der Waals surface area contributed by atoms with Crippen molar-refractivity contribution in [3.8, 4) is 11.8 Å². The van der Waals surface area contributed by atoms with Gasteiger partial charge in [-0.15, -0.1) is 0 Å². The van der Waals surface area contributed by atoms with Gasteiger partial charge in [-0.25, -0.2) is 0 Å². The van der Waals surface area contributed by atoms with Gasteiger partial charge >= 0.3 is 0 Å². The van der Waals surface area contributed by atoms with Gasteiger partial charge in [0.1, 0.15) is 0 Å². The Hall–Kier alpha value is -2.60. The Morgan fingerprint density at radius 2 is 1.71 bits per heavy atom. The average Bonchev–Trinajstić information content (AvgIpc) is 2.41. The molecule has 17 heavy (non-hydrogen) atoms. The maximum absolute atomic E-state index is 8.63. The maximum Gasteiger partial charge on any atom is 0.158 e. The molecule has 3 nitrogen and oxygen atoms in total. The van der Waals surface area contributed by atoms with Gasteiger partial charge in [0.25, 0.3) is 0 Å². The summed E-state index contributed by atoms with van der Waals surface area (Å²) in [5.41, 5.74) is 1.57. The SMILES string of the molecule is N#Cc1ccc(O/N=C/c2ccccc2)cc1. The lowest BCUT2D eigenvalue weighted by molar-refractivity contribution is 0.344. The molecule has 2 aromatic carbocycles. The number of benzene rings is 2. The number of nitrogens with zero attached hydrogens (tertiary/aromatic N) is 2. The normalized spacial score (nSPS) is 10.1. The molecular formula is C14H10N2O. The molecule has 0 aromatic heterocycles. The molecule has 0 radical (unpaired) electrons. The average molecular weight is 222 g/mol. The van der Waals surface area contributed by atoms with E-state index in [0.29, 0.717) is 11.3 Å². The van der Waals surface area contributed by atoms with E-state index in [1.165, 1.54) is 0 Å². The third-order valence-corrected chi connectivity index (χ3v) is 2.14. The molecule has 0 aliphatic rings. The van der Waals surface area contributed by atoms with E-state index in [0.717, 1.165) is 5.56 Å². The summed E-state index contributed by atoms with van der Waals surface area (Å²) in [7, 11) is 0. The molecule has 0 amide bonds. The van der Waals surface area contributed by atoms with E-state index < -0.39 is 0 Å². The Kier molecular flexibility index (Phi) is 3.51. The van der Waals surface area contributed by atoms with Crippen molar-refractivity contribution >= 4 is 6.21 Å². The van der Waals surface area contributed by atoms with Gasteiger partial charge in [-0.3, -0.25) is 0 Å². The van der Waals surface area contributed by atoms with Crippen LogP contribution in [0.2, 0.25) is 0 Å². The maximum atomic E-state index is 8.63. The van der Waals surface area contributed by atoms with Crippen molar-refractivity contribution in [1.82, 2.24) is 0 Å². The summed E-state index contributed by atoms with van der Waals surface area (Å²) in [6.45, 7) is 0. The van der Waals surface area contributed by atoms with Gasteiger partial charge in [0, 0.05) is 0 Å². The third kappa shape index (κ3) is 3.18. The lowest BCUT2D eigenvalue weighted by Crippen LogP contribution is -1.86. The monoisotopic (exact) mass is 222 g/mol. The lowest BCUT2D eigenvalue weighted by atomic mass is 10.2. The summed E-state index contributed by atoms with van der Waals surface area (Å²) in [6, 6.07) is 18.5. The molecule has 0 atom stereocenters. The van der Waals surface area contributed by atoms with Crippen LogP contribution in [0.4, 0.5) is 0 Å².